The zero-order valence-electron chi connectivity index (χ0n) is 12.1. The Bertz CT molecular complexity index is 504. The second kappa shape index (κ2) is 6.28. The quantitative estimate of drug-likeness (QED) is 0.670. The minimum Gasteiger partial charge on any atom is -0.330 e. The number of piperidine rings is 1. The minimum absolute atomic E-state index is 0.197. The van der Waals surface area contributed by atoms with Gasteiger partial charge < -0.3 is 5.73 Å². The predicted octanol–water partition coefficient (Wildman–Crippen LogP) is 1.78. The lowest BCUT2D eigenvalue weighted by Gasteiger charge is -2.32. The lowest BCUT2D eigenvalue weighted by molar-refractivity contribution is -0.386. The first-order valence-electron chi connectivity index (χ1n) is 7.04. The van der Waals surface area contributed by atoms with Crippen molar-refractivity contribution in [1.29, 1.82) is 0 Å². The van der Waals surface area contributed by atoms with Gasteiger partial charge in [-0.3, -0.25) is 20.0 Å². The molecule has 2 rings (SSSR count). The SMILES string of the molecule is Cc1cnc(CN2CCCC(CN)C2)c(C)c1[N+](=O)[O-]. The molecule has 1 atom stereocenters. The van der Waals surface area contributed by atoms with Crippen molar-refractivity contribution in [3.05, 3.63) is 33.1 Å². The van der Waals surface area contributed by atoms with Crippen molar-refractivity contribution in [2.45, 2.75) is 33.2 Å². The van der Waals surface area contributed by atoms with Crippen LogP contribution in [0.2, 0.25) is 0 Å². The van der Waals surface area contributed by atoms with Crippen LogP contribution in [0.15, 0.2) is 6.20 Å². The number of likely N-dealkylation sites (tertiary alicyclic amines) is 1. The lowest BCUT2D eigenvalue weighted by atomic mass is 9.98. The largest absolute Gasteiger partial charge is 0.330 e. The van der Waals surface area contributed by atoms with Gasteiger partial charge in [0.05, 0.1) is 10.6 Å². The Kier molecular flexibility index (Phi) is 4.67. The van der Waals surface area contributed by atoms with E-state index >= 15 is 0 Å². The Morgan fingerprint density at radius 2 is 2.30 bits per heavy atom. The van der Waals surface area contributed by atoms with Crippen LogP contribution in [0.25, 0.3) is 0 Å². The van der Waals surface area contributed by atoms with E-state index in [9.17, 15) is 10.1 Å². The van der Waals surface area contributed by atoms with Crippen molar-refractivity contribution in [2.75, 3.05) is 19.6 Å². The van der Waals surface area contributed by atoms with Crippen LogP contribution < -0.4 is 5.73 Å². The first-order chi connectivity index (χ1) is 9.52. The van der Waals surface area contributed by atoms with Crippen LogP contribution in [0.5, 0.6) is 0 Å². The van der Waals surface area contributed by atoms with Gasteiger partial charge in [0, 0.05) is 30.4 Å². The average molecular weight is 278 g/mol. The van der Waals surface area contributed by atoms with Crippen LogP contribution >= 0.6 is 0 Å². The van der Waals surface area contributed by atoms with Crippen molar-refractivity contribution in [3.8, 4) is 0 Å². The van der Waals surface area contributed by atoms with Gasteiger partial charge in [-0.05, 0) is 45.7 Å². The van der Waals surface area contributed by atoms with Gasteiger partial charge in [-0.2, -0.15) is 0 Å². The number of nitro groups is 1. The summed E-state index contributed by atoms with van der Waals surface area (Å²) in [5, 5.41) is 11.1. The molecule has 0 aromatic carbocycles. The maximum Gasteiger partial charge on any atom is 0.278 e. The Hall–Kier alpha value is -1.53. The number of nitrogens with two attached hydrogens (primary N) is 1. The van der Waals surface area contributed by atoms with Crippen molar-refractivity contribution < 1.29 is 4.92 Å². The molecule has 0 aliphatic carbocycles. The summed E-state index contributed by atoms with van der Waals surface area (Å²) in [5.41, 5.74) is 8.05. The predicted molar refractivity (Wildman–Crippen MR) is 77.4 cm³/mol. The summed E-state index contributed by atoms with van der Waals surface area (Å²) in [7, 11) is 0. The highest BCUT2D eigenvalue weighted by molar-refractivity contribution is 5.47. The molecular weight excluding hydrogens is 256 g/mol. The van der Waals surface area contributed by atoms with E-state index < -0.39 is 0 Å². The van der Waals surface area contributed by atoms with E-state index in [1.165, 1.54) is 6.42 Å². The van der Waals surface area contributed by atoms with Crippen LogP contribution in [0.3, 0.4) is 0 Å². The van der Waals surface area contributed by atoms with E-state index in [-0.39, 0.29) is 10.6 Å². The fourth-order valence-corrected chi connectivity index (χ4v) is 2.90. The van der Waals surface area contributed by atoms with E-state index in [4.69, 9.17) is 5.73 Å². The van der Waals surface area contributed by atoms with Crippen LogP contribution in [0.1, 0.15) is 29.7 Å². The summed E-state index contributed by atoms with van der Waals surface area (Å²) >= 11 is 0. The van der Waals surface area contributed by atoms with E-state index in [1.54, 1.807) is 20.0 Å². The molecule has 6 heteroatoms. The van der Waals surface area contributed by atoms with Gasteiger partial charge in [0.2, 0.25) is 0 Å². The van der Waals surface area contributed by atoms with Crippen molar-refractivity contribution >= 4 is 5.69 Å². The summed E-state index contributed by atoms with van der Waals surface area (Å²) in [4.78, 5) is 17.5. The Morgan fingerprint density at radius 1 is 1.55 bits per heavy atom. The van der Waals surface area contributed by atoms with Crippen LogP contribution in [-0.4, -0.2) is 34.4 Å². The van der Waals surface area contributed by atoms with Gasteiger partial charge >= 0.3 is 0 Å². The number of pyridine rings is 1. The van der Waals surface area contributed by atoms with E-state index in [1.807, 2.05) is 0 Å². The minimum atomic E-state index is -0.311. The molecule has 1 aromatic rings. The van der Waals surface area contributed by atoms with Crippen molar-refractivity contribution in [3.63, 3.8) is 0 Å². The average Bonchev–Trinajstić information content (AvgIpc) is 2.42. The number of hydrogen-bond acceptors (Lipinski definition) is 5. The zero-order valence-corrected chi connectivity index (χ0v) is 12.1. The van der Waals surface area contributed by atoms with Gasteiger partial charge in [0.1, 0.15) is 0 Å². The fraction of sp³-hybridized carbons (Fsp3) is 0.643. The summed E-state index contributed by atoms with van der Waals surface area (Å²) in [5.74, 6) is 0.532. The summed E-state index contributed by atoms with van der Waals surface area (Å²) < 4.78 is 0. The summed E-state index contributed by atoms with van der Waals surface area (Å²) in [6.07, 6.45) is 3.91. The summed E-state index contributed by atoms with van der Waals surface area (Å²) in [6.45, 7) is 6.87. The molecule has 0 spiro atoms. The Morgan fingerprint density at radius 3 is 2.95 bits per heavy atom. The normalized spacial score (nSPS) is 20.1. The van der Waals surface area contributed by atoms with Crippen LogP contribution in [0.4, 0.5) is 5.69 Å². The molecule has 20 heavy (non-hydrogen) atoms. The van der Waals surface area contributed by atoms with E-state index in [2.05, 4.69) is 9.88 Å². The molecule has 1 aliphatic rings. The standard InChI is InChI=1S/C14H22N4O2/c1-10-7-16-13(11(2)14(10)18(19)20)9-17-5-3-4-12(6-15)8-17/h7,12H,3-6,8-9,15H2,1-2H3. The second-order valence-electron chi connectivity index (χ2n) is 5.60. The maximum atomic E-state index is 11.1. The molecule has 110 valence electrons. The number of nitrogens with zero attached hydrogens (tertiary/aromatic N) is 3. The molecule has 2 heterocycles. The molecule has 1 saturated heterocycles. The molecule has 1 aliphatic heterocycles. The molecule has 0 saturated carbocycles. The first kappa shape index (κ1) is 14.9. The van der Waals surface area contributed by atoms with Gasteiger partial charge in [-0.15, -0.1) is 0 Å². The number of aromatic nitrogens is 1. The first-order valence-corrected chi connectivity index (χ1v) is 7.04. The molecule has 6 nitrogen and oxygen atoms in total. The molecule has 1 unspecified atom stereocenters. The summed E-state index contributed by atoms with van der Waals surface area (Å²) in [6, 6.07) is 0. The molecule has 0 radical (unpaired) electrons. The second-order valence-corrected chi connectivity index (χ2v) is 5.60. The number of aryl methyl sites for hydroxylation is 1. The molecule has 1 aromatic heterocycles. The zero-order chi connectivity index (χ0) is 14.7. The monoisotopic (exact) mass is 278 g/mol. The molecule has 2 N–H and O–H groups in total. The van der Waals surface area contributed by atoms with Crippen LogP contribution in [0, 0.1) is 29.9 Å². The Balaban J connectivity index is 2.17. The van der Waals surface area contributed by atoms with E-state index in [0.29, 0.717) is 30.1 Å². The molecule has 1 fully saturated rings. The van der Waals surface area contributed by atoms with Gasteiger partial charge in [0.25, 0.3) is 5.69 Å². The third kappa shape index (κ3) is 3.13. The van der Waals surface area contributed by atoms with Gasteiger partial charge in [-0.1, -0.05) is 0 Å². The third-order valence-electron chi connectivity index (χ3n) is 4.07. The number of hydrogen-bond donors (Lipinski definition) is 1. The topological polar surface area (TPSA) is 85.3 Å². The highest BCUT2D eigenvalue weighted by Gasteiger charge is 2.23. The maximum absolute atomic E-state index is 11.1. The lowest BCUT2D eigenvalue weighted by Crippen LogP contribution is -2.38. The van der Waals surface area contributed by atoms with Gasteiger partial charge in [0.15, 0.2) is 0 Å². The van der Waals surface area contributed by atoms with E-state index in [0.717, 1.165) is 25.2 Å². The molecule has 0 amide bonds. The molecule has 0 bridgehead atoms. The van der Waals surface area contributed by atoms with Gasteiger partial charge in [-0.25, -0.2) is 0 Å². The Labute approximate surface area is 119 Å². The highest BCUT2D eigenvalue weighted by atomic mass is 16.6. The molecular formula is C14H22N4O2. The third-order valence-corrected chi connectivity index (χ3v) is 4.07. The fourth-order valence-electron chi connectivity index (χ4n) is 2.90. The number of rotatable bonds is 4. The smallest absolute Gasteiger partial charge is 0.278 e. The van der Waals surface area contributed by atoms with Crippen LogP contribution in [-0.2, 0) is 6.54 Å². The van der Waals surface area contributed by atoms with Crippen molar-refractivity contribution in [1.82, 2.24) is 9.88 Å². The highest BCUT2D eigenvalue weighted by Crippen LogP contribution is 2.26. The van der Waals surface area contributed by atoms with Crippen molar-refractivity contribution in [2.24, 2.45) is 11.7 Å².